The largest absolute Gasteiger partial charge is 1.00 e. The van der Waals surface area contributed by atoms with E-state index in [1.807, 2.05) is 23.6 Å². The van der Waals surface area contributed by atoms with Crippen LogP contribution in [0.25, 0.3) is 0 Å². The Morgan fingerprint density at radius 2 is 1.03 bits per heavy atom. The van der Waals surface area contributed by atoms with Crippen LogP contribution in [0.15, 0.2) is 32.0 Å². The third kappa shape index (κ3) is 10.3. The van der Waals surface area contributed by atoms with E-state index in [-0.39, 0.29) is 116 Å². The minimum absolute atomic E-state index is 0. The van der Waals surface area contributed by atoms with E-state index in [4.69, 9.17) is 10.2 Å². The van der Waals surface area contributed by atoms with Gasteiger partial charge in [0.2, 0.25) is 11.8 Å². The number of thioether (sulfide) groups is 2. The van der Waals surface area contributed by atoms with Crippen LogP contribution in [0.2, 0.25) is 0 Å². The molecule has 6 aliphatic rings. The van der Waals surface area contributed by atoms with Crippen molar-refractivity contribution in [2.24, 2.45) is 23.7 Å². The first kappa shape index (κ1) is 53.7. The molecular formula is C38H42N8Na2O14S4. The zero-order valence-corrected chi connectivity index (χ0v) is 43.6. The molecule has 22 nitrogen and oxygen atoms in total. The summed E-state index contributed by atoms with van der Waals surface area (Å²) < 4.78 is 0. The van der Waals surface area contributed by atoms with Crippen LogP contribution in [0.3, 0.4) is 0 Å². The van der Waals surface area contributed by atoms with E-state index in [1.54, 1.807) is 10.8 Å². The molecule has 344 valence electrons. The number of aliphatic carboxylic acids is 4. The number of anilines is 2. The Hall–Kier alpha value is -3.28. The predicted molar refractivity (Wildman–Crippen MR) is 225 cm³/mol. The Bertz CT molecular complexity index is 2210. The van der Waals surface area contributed by atoms with E-state index in [1.165, 1.54) is 69.8 Å². The molecule has 0 aliphatic carbocycles. The molecule has 66 heavy (non-hydrogen) atoms. The molecule has 28 heteroatoms. The Morgan fingerprint density at radius 1 is 0.697 bits per heavy atom. The van der Waals surface area contributed by atoms with Gasteiger partial charge < -0.3 is 70.5 Å². The second-order valence-electron chi connectivity index (χ2n) is 16.0. The summed E-state index contributed by atoms with van der Waals surface area (Å²) in [5.74, 6) is -8.65. The van der Waals surface area contributed by atoms with Gasteiger partial charge >= 0.3 is 71.1 Å². The molecule has 8 atom stereocenters. The second kappa shape index (κ2) is 21.6. The van der Waals surface area contributed by atoms with Crippen molar-refractivity contribution in [3.05, 3.63) is 43.4 Å². The zero-order valence-electron chi connectivity index (χ0n) is 36.4. The van der Waals surface area contributed by atoms with Crippen LogP contribution in [0, 0.1) is 23.7 Å². The van der Waals surface area contributed by atoms with Gasteiger partial charge in [-0.15, -0.1) is 46.2 Å². The average Bonchev–Trinajstić information content (AvgIpc) is 3.96. The van der Waals surface area contributed by atoms with Gasteiger partial charge in [0, 0.05) is 69.1 Å². The summed E-state index contributed by atoms with van der Waals surface area (Å²) in [6.45, 7) is 8.10. The van der Waals surface area contributed by atoms with Gasteiger partial charge in [-0.2, -0.15) is 0 Å². The van der Waals surface area contributed by atoms with Gasteiger partial charge in [0.15, 0.2) is 10.3 Å². The Balaban J connectivity index is 0.000000240. The molecule has 0 spiro atoms. The molecule has 8 heterocycles. The van der Waals surface area contributed by atoms with Crippen molar-refractivity contribution in [2.45, 2.75) is 62.5 Å². The number of β-lactam (4-membered cyclic amide) rings is 2. The molecule has 0 bridgehead atoms. The quantitative estimate of drug-likeness (QED) is 0.0672. The maximum atomic E-state index is 12.4. The normalized spacial score (nSPS) is 25.1. The molecule has 8 rings (SSSR count). The molecule has 4 amide bonds. The summed E-state index contributed by atoms with van der Waals surface area (Å²) in [6, 6.07) is -0.750. The number of aromatic nitrogens is 2. The van der Waals surface area contributed by atoms with Crippen molar-refractivity contribution < 1.29 is 128 Å². The molecule has 6 N–H and O–H groups in total. The number of hydrogen-bond acceptors (Lipinski definition) is 20. The van der Waals surface area contributed by atoms with Gasteiger partial charge in [-0.3, -0.25) is 28.8 Å². The van der Waals surface area contributed by atoms with Crippen molar-refractivity contribution in [1.82, 2.24) is 30.4 Å². The van der Waals surface area contributed by atoms with Crippen molar-refractivity contribution in [3.8, 4) is 0 Å². The second-order valence-corrected chi connectivity index (χ2v) is 20.3. The standard InChI is InChI=1S/2C19H22N4O7S2.2Na/c2*1-7-13-12(8(2)24)17(28)23(13)14(18(29)30)15(7)32-9-4-22(5-9)19-21-10(6-31-19)16(27)20-3-11(25)26;;/h2*6-9,12-13,24H,3-5H2,1-2H3,(H,20,27)(H,25,26)(H,29,30);;/q;;2*+1/p-2/t2*7-,8-,12-,13-;;/m11../s1. The molecular weight excluding hydrogens is 967 g/mol. The number of fused-ring (bicyclic) bond motifs is 2. The van der Waals surface area contributed by atoms with E-state index in [0.29, 0.717) is 46.3 Å². The van der Waals surface area contributed by atoms with Gasteiger partial charge in [-0.25, -0.2) is 9.97 Å². The first-order valence-corrected chi connectivity index (χ1v) is 23.4. The summed E-state index contributed by atoms with van der Waals surface area (Å²) in [5.41, 5.74) is 0.0838. The number of carboxylic acid groups (broad SMARTS) is 4. The third-order valence-corrected chi connectivity index (χ3v) is 16.4. The van der Waals surface area contributed by atoms with Crippen molar-refractivity contribution in [3.63, 3.8) is 0 Å². The fraction of sp³-hybridized carbons (Fsp3) is 0.526. The first-order chi connectivity index (χ1) is 30.2. The predicted octanol–water partition coefficient (Wildman–Crippen LogP) is -8.60. The van der Waals surface area contributed by atoms with E-state index >= 15 is 0 Å². The third-order valence-electron chi connectivity index (χ3n) is 11.7. The van der Waals surface area contributed by atoms with Crippen molar-refractivity contribution in [1.29, 1.82) is 0 Å². The number of hydrogen-bond donors (Lipinski definition) is 6. The monoisotopic (exact) mass is 1010 g/mol. The number of nitrogens with zero attached hydrogens (tertiary/aromatic N) is 6. The van der Waals surface area contributed by atoms with E-state index in [0.717, 1.165) is 0 Å². The Kier molecular flexibility index (Phi) is 17.5. The summed E-state index contributed by atoms with van der Waals surface area (Å²) in [6.07, 6.45) is -1.71. The van der Waals surface area contributed by atoms with E-state index in [9.17, 15) is 58.8 Å². The smallest absolute Gasteiger partial charge is 0.543 e. The van der Waals surface area contributed by atoms with Crippen molar-refractivity contribution >= 4 is 104 Å². The van der Waals surface area contributed by atoms with Crippen molar-refractivity contribution in [2.75, 3.05) is 49.1 Å². The maximum Gasteiger partial charge on any atom is 1.00 e. The Labute approximate surface area is 437 Å². The molecule has 0 unspecified atom stereocenters. The molecule has 2 aromatic heterocycles. The summed E-state index contributed by atoms with van der Waals surface area (Å²) in [5, 5.41) is 69.6. The SMILES string of the molecule is C[C@@H](O)[C@H]1C(=O)N2C(C(=O)[O-])=C(SC3CN(c4nc(C(=O)NCC(=O)O)cs4)C3)[C@H](C)[C@H]12.C[C@@H](O)[C@H]1C(=O)N2C(C(=O)[O-])=C(SC3CN(c4nc(C(=O)NCC(=O)O)cs4)C3)[C@H](C)[C@H]12.[Na+].[Na+]. The van der Waals surface area contributed by atoms with Crippen LogP contribution in [-0.2, 0) is 28.8 Å². The fourth-order valence-electron chi connectivity index (χ4n) is 8.56. The number of thiazole rings is 2. The number of carboxylic acids is 4. The van der Waals surface area contributed by atoms with Gasteiger partial charge in [0.05, 0.1) is 59.5 Å². The fourth-order valence-corrected chi connectivity index (χ4v) is 13.2. The van der Waals surface area contributed by atoms with Crippen LogP contribution in [-0.4, -0.2) is 162 Å². The van der Waals surface area contributed by atoms with Gasteiger partial charge in [-0.05, 0) is 13.8 Å². The van der Waals surface area contributed by atoms with Gasteiger partial charge in [0.1, 0.15) is 24.5 Å². The summed E-state index contributed by atoms with van der Waals surface area (Å²) >= 11 is 5.32. The average molecular weight is 1010 g/mol. The van der Waals surface area contributed by atoms with Crippen LogP contribution < -0.4 is 89.8 Å². The number of carbonyl (C=O) groups is 8. The van der Waals surface area contributed by atoms with E-state index in [2.05, 4.69) is 20.6 Å². The van der Waals surface area contributed by atoms with Gasteiger partial charge in [-0.1, -0.05) is 13.8 Å². The van der Waals surface area contributed by atoms with Crippen LogP contribution in [0.1, 0.15) is 48.7 Å². The first-order valence-electron chi connectivity index (χ1n) is 19.9. The molecule has 2 aromatic rings. The number of nitrogens with one attached hydrogen (secondary N) is 2. The molecule has 0 aromatic carbocycles. The van der Waals surface area contributed by atoms with Crippen LogP contribution in [0.5, 0.6) is 0 Å². The zero-order chi connectivity index (χ0) is 46.6. The molecule has 4 fully saturated rings. The van der Waals surface area contributed by atoms with E-state index < -0.39 is 84.6 Å². The van der Waals surface area contributed by atoms with Crippen LogP contribution in [0.4, 0.5) is 10.3 Å². The topological polar surface area (TPSA) is 326 Å². The Morgan fingerprint density at radius 3 is 1.32 bits per heavy atom. The molecule has 0 radical (unpaired) electrons. The van der Waals surface area contributed by atoms with Crippen LogP contribution >= 0.6 is 46.2 Å². The molecule has 0 saturated carbocycles. The number of rotatable bonds is 16. The van der Waals surface area contributed by atoms with Gasteiger partial charge in [0.25, 0.3) is 11.8 Å². The number of amides is 4. The minimum Gasteiger partial charge on any atom is -0.543 e. The summed E-state index contributed by atoms with van der Waals surface area (Å²) in [7, 11) is 0. The number of carbonyl (C=O) groups excluding carboxylic acids is 6. The number of aliphatic hydroxyl groups is 2. The molecule has 6 aliphatic heterocycles. The number of aliphatic hydroxyl groups excluding tert-OH is 2. The maximum absolute atomic E-state index is 12.4. The molecule has 4 saturated heterocycles. The summed E-state index contributed by atoms with van der Waals surface area (Å²) in [4.78, 5) is 109. The minimum atomic E-state index is -1.40.